The number of hydrogen-bond donors (Lipinski definition) is 1. The molecular weight excluding hydrogens is 272 g/mol. The van der Waals surface area contributed by atoms with Crippen LogP contribution in [0.2, 0.25) is 0 Å². The zero-order valence-corrected chi connectivity index (χ0v) is 13.6. The summed E-state index contributed by atoms with van der Waals surface area (Å²) in [5, 5.41) is 9.05. The van der Waals surface area contributed by atoms with Gasteiger partial charge in [0.15, 0.2) is 0 Å². The number of carboxylic acids is 1. The minimum atomic E-state index is -0.823. The smallest absolute Gasteiger partial charge is 0.345 e. The SMILES string of the molecule is Cc1sc(C(=O)O)cc1CN(C)CC1(N(C)C)CCC1. The van der Waals surface area contributed by atoms with Crippen molar-refractivity contribution in [2.45, 2.75) is 38.3 Å². The fraction of sp³-hybridized carbons (Fsp3) is 0.667. The van der Waals surface area contributed by atoms with E-state index in [-0.39, 0.29) is 0 Å². The number of rotatable bonds is 6. The maximum absolute atomic E-state index is 11.0. The van der Waals surface area contributed by atoms with Crippen molar-refractivity contribution in [2.24, 2.45) is 0 Å². The van der Waals surface area contributed by atoms with Crippen LogP contribution in [0.5, 0.6) is 0 Å². The average Bonchev–Trinajstić information content (AvgIpc) is 2.65. The molecule has 0 saturated heterocycles. The van der Waals surface area contributed by atoms with Crippen molar-refractivity contribution in [2.75, 3.05) is 27.7 Å². The third-order valence-electron chi connectivity index (χ3n) is 4.47. The molecule has 20 heavy (non-hydrogen) atoms. The van der Waals surface area contributed by atoms with Crippen LogP contribution < -0.4 is 0 Å². The Bertz CT molecular complexity index is 492. The number of nitrogens with zero attached hydrogens (tertiary/aromatic N) is 2. The molecule has 1 fully saturated rings. The van der Waals surface area contributed by atoms with E-state index < -0.39 is 5.97 Å². The summed E-state index contributed by atoms with van der Waals surface area (Å²) >= 11 is 1.37. The van der Waals surface area contributed by atoms with Crippen LogP contribution >= 0.6 is 11.3 Å². The van der Waals surface area contributed by atoms with Crippen LogP contribution in [0, 0.1) is 6.92 Å². The molecule has 112 valence electrons. The normalized spacial score (nSPS) is 17.5. The van der Waals surface area contributed by atoms with Gasteiger partial charge >= 0.3 is 5.97 Å². The van der Waals surface area contributed by atoms with E-state index in [1.807, 2.05) is 13.0 Å². The van der Waals surface area contributed by atoms with Crippen molar-refractivity contribution in [1.29, 1.82) is 0 Å². The van der Waals surface area contributed by atoms with Crippen molar-refractivity contribution < 1.29 is 9.90 Å². The topological polar surface area (TPSA) is 43.8 Å². The first-order valence-electron chi connectivity index (χ1n) is 7.03. The third-order valence-corrected chi connectivity index (χ3v) is 5.55. The Kier molecular flexibility index (Phi) is 4.52. The lowest BCUT2D eigenvalue weighted by Crippen LogP contribution is -2.56. The molecule has 0 aromatic carbocycles. The van der Waals surface area contributed by atoms with E-state index in [4.69, 9.17) is 5.11 Å². The first-order valence-corrected chi connectivity index (χ1v) is 7.84. The highest BCUT2D eigenvalue weighted by atomic mass is 32.1. The van der Waals surface area contributed by atoms with E-state index in [0.29, 0.717) is 10.4 Å². The van der Waals surface area contributed by atoms with Crippen molar-refractivity contribution in [3.63, 3.8) is 0 Å². The molecule has 0 aliphatic heterocycles. The summed E-state index contributed by atoms with van der Waals surface area (Å²) < 4.78 is 0. The van der Waals surface area contributed by atoms with Crippen LogP contribution in [0.3, 0.4) is 0 Å². The van der Waals surface area contributed by atoms with Gasteiger partial charge in [-0.25, -0.2) is 4.79 Å². The molecule has 1 N–H and O–H groups in total. The molecule has 1 aromatic rings. The molecule has 1 heterocycles. The van der Waals surface area contributed by atoms with Gasteiger partial charge in [0, 0.05) is 23.5 Å². The first-order chi connectivity index (χ1) is 9.34. The second kappa shape index (κ2) is 5.84. The van der Waals surface area contributed by atoms with E-state index >= 15 is 0 Å². The zero-order chi connectivity index (χ0) is 14.9. The van der Waals surface area contributed by atoms with Crippen molar-refractivity contribution >= 4 is 17.3 Å². The maximum atomic E-state index is 11.0. The molecule has 0 unspecified atom stereocenters. The Morgan fingerprint density at radius 1 is 1.40 bits per heavy atom. The highest BCUT2D eigenvalue weighted by Gasteiger charge is 2.39. The second-order valence-corrected chi connectivity index (χ2v) is 7.40. The number of carboxylic acid groups (broad SMARTS) is 1. The van der Waals surface area contributed by atoms with Crippen LogP contribution in [0.4, 0.5) is 0 Å². The van der Waals surface area contributed by atoms with E-state index in [0.717, 1.165) is 23.5 Å². The summed E-state index contributed by atoms with van der Waals surface area (Å²) in [5.74, 6) is -0.823. The molecule has 0 bridgehead atoms. The zero-order valence-electron chi connectivity index (χ0n) is 12.8. The fourth-order valence-corrected chi connectivity index (χ4v) is 3.84. The Hall–Kier alpha value is -0.910. The predicted octanol–water partition coefficient (Wildman–Crippen LogP) is 2.67. The molecule has 1 aliphatic carbocycles. The van der Waals surface area contributed by atoms with Crippen LogP contribution in [0.25, 0.3) is 0 Å². The average molecular weight is 296 g/mol. The molecule has 0 spiro atoms. The molecule has 5 heteroatoms. The van der Waals surface area contributed by atoms with Crippen LogP contribution in [-0.4, -0.2) is 54.1 Å². The molecule has 4 nitrogen and oxygen atoms in total. The van der Waals surface area contributed by atoms with Gasteiger partial charge < -0.3 is 14.9 Å². The summed E-state index contributed by atoms with van der Waals surface area (Å²) in [6.45, 7) is 3.87. The summed E-state index contributed by atoms with van der Waals surface area (Å²) in [7, 11) is 6.44. The quantitative estimate of drug-likeness (QED) is 0.876. The summed E-state index contributed by atoms with van der Waals surface area (Å²) in [6, 6.07) is 1.82. The molecule has 0 atom stereocenters. The highest BCUT2D eigenvalue weighted by Crippen LogP contribution is 2.37. The first kappa shape index (κ1) is 15.5. The van der Waals surface area contributed by atoms with Gasteiger partial charge in [0.25, 0.3) is 0 Å². The Morgan fingerprint density at radius 2 is 2.05 bits per heavy atom. The van der Waals surface area contributed by atoms with E-state index in [1.165, 1.54) is 30.6 Å². The van der Waals surface area contributed by atoms with Crippen LogP contribution in [0.1, 0.15) is 39.4 Å². The lowest BCUT2D eigenvalue weighted by molar-refractivity contribution is 0.0259. The summed E-state index contributed by atoms with van der Waals surface area (Å²) in [4.78, 5) is 17.2. The number of carbonyl (C=O) groups is 1. The lowest BCUT2D eigenvalue weighted by Gasteiger charge is -2.49. The number of aryl methyl sites for hydroxylation is 1. The largest absolute Gasteiger partial charge is 0.477 e. The molecule has 1 saturated carbocycles. The molecular formula is C15H24N2O2S. The van der Waals surface area contributed by atoms with Gasteiger partial charge in [0.1, 0.15) is 4.88 Å². The van der Waals surface area contributed by atoms with Gasteiger partial charge in [-0.2, -0.15) is 0 Å². The Balaban J connectivity index is 2.01. The van der Waals surface area contributed by atoms with Crippen molar-refractivity contribution in [3.05, 3.63) is 21.4 Å². The molecule has 1 aliphatic rings. The van der Waals surface area contributed by atoms with Gasteiger partial charge in [-0.15, -0.1) is 11.3 Å². The molecule has 1 aromatic heterocycles. The van der Waals surface area contributed by atoms with Gasteiger partial charge in [-0.1, -0.05) is 0 Å². The monoisotopic (exact) mass is 296 g/mol. The highest BCUT2D eigenvalue weighted by molar-refractivity contribution is 7.14. The third kappa shape index (κ3) is 3.05. The number of thiophene rings is 1. The predicted molar refractivity (Wildman–Crippen MR) is 82.6 cm³/mol. The number of likely N-dealkylation sites (N-methyl/N-ethyl adjacent to an activating group) is 2. The van der Waals surface area contributed by atoms with Crippen LogP contribution in [0.15, 0.2) is 6.07 Å². The number of hydrogen-bond acceptors (Lipinski definition) is 4. The lowest BCUT2D eigenvalue weighted by atomic mass is 9.75. The minimum Gasteiger partial charge on any atom is -0.477 e. The maximum Gasteiger partial charge on any atom is 0.345 e. The second-order valence-electron chi connectivity index (χ2n) is 6.14. The van der Waals surface area contributed by atoms with Gasteiger partial charge in [-0.3, -0.25) is 0 Å². The fourth-order valence-electron chi connectivity index (χ4n) is 2.96. The van der Waals surface area contributed by atoms with Gasteiger partial charge in [0.2, 0.25) is 0 Å². The molecule has 0 radical (unpaired) electrons. The van der Waals surface area contributed by atoms with Crippen LogP contribution in [-0.2, 0) is 6.54 Å². The van der Waals surface area contributed by atoms with Gasteiger partial charge in [-0.05, 0) is 59.0 Å². The number of aromatic carboxylic acids is 1. The summed E-state index contributed by atoms with van der Waals surface area (Å²) in [5.41, 5.74) is 1.46. The van der Waals surface area contributed by atoms with Crippen molar-refractivity contribution in [1.82, 2.24) is 9.80 Å². The standard InChI is InChI=1S/C15H24N2O2S/c1-11-12(8-13(20-11)14(18)19)9-17(4)10-15(16(2)3)6-5-7-15/h8H,5-7,9-10H2,1-4H3,(H,18,19). The minimum absolute atomic E-state index is 0.314. The van der Waals surface area contributed by atoms with E-state index in [9.17, 15) is 4.79 Å². The van der Waals surface area contributed by atoms with Gasteiger partial charge in [0.05, 0.1) is 0 Å². The van der Waals surface area contributed by atoms with E-state index in [1.54, 1.807) is 0 Å². The summed E-state index contributed by atoms with van der Waals surface area (Å²) in [6.07, 6.45) is 3.83. The Labute approximate surface area is 125 Å². The molecule has 2 rings (SSSR count). The Morgan fingerprint density at radius 3 is 2.45 bits per heavy atom. The van der Waals surface area contributed by atoms with E-state index in [2.05, 4.69) is 30.9 Å². The van der Waals surface area contributed by atoms with Crippen molar-refractivity contribution in [3.8, 4) is 0 Å². The molecule has 0 amide bonds.